The third kappa shape index (κ3) is 1.54. The third-order valence-electron chi connectivity index (χ3n) is 1.98. The van der Waals surface area contributed by atoms with Crippen LogP contribution >= 0.6 is 11.6 Å². The van der Waals surface area contributed by atoms with Gasteiger partial charge in [-0.15, -0.1) is 0 Å². The first kappa shape index (κ1) is 9.30. The highest BCUT2D eigenvalue weighted by Crippen LogP contribution is 2.22. The minimum atomic E-state index is -0.494. The lowest BCUT2D eigenvalue weighted by atomic mass is 10.1. The maximum absolute atomic E-state index is 10.9. The van der Waals surface area contributed by atoms with Crippen LogP contribution in [0.4, 0.5) is 0 Å². The van der Waals surface area contributed by atoms with Crippen molar-refractivity contribution in [1.29, 1.82) is 0 Å². The van der Waals surface area contributed by atoms with E-state index in [0.29, 0.717) is 29.1 Å². The SMILES string of the molecule is NCCc1cc(Cl)c2[nH]c(=O)oc2c1. The van der Waals surface area contributed by atoms with Gasteiger partial charge in [0.1, 0.15) is 5.52 Å². The summed E-state index contributed by atoms with van der Waals surface area (Å²) in [7, 11) is 0. The van der Waals surface area contributed by atoms with Crippen molar-refractivity contribution in [2.24, 2.45) is 5.73 Å². The molecule has 0 bridgehead atoms. The van der Waals surface area contributed by atoms with Crippen LogP contribution < -0.4 is 11.5 Å². The van der Waals surface area contributed by atoms with E-state index < -0.39 is 5.76 Å². The summed E-state index contributed by atoms with van der Waals surface area (Å²) in [5.41, 5.74) is 7.40. The van der Waals surface area contributed by atoms with Gasteiger partial charge in [-0.25, -0.2) is 4.79 Å². The molecule has 1 aromatic carbocycles. The molecule has 0 saturated carbocycles. The molecule has 1 aromatic heterocycles. The van der Waals surface area contributed by atoms with Gasteiger partial charge in [-0.2, -0.15) is 0 Å². The number of rotatable bonds is 2. The fourth-order valence-corrected chi connectivity index (χ4v) is 1.66. The van der Waals surface area contributed by atoms with Crippen LogP contribution in [0.3, 0.4) is 0 Å². The number of aromatic nitrogens is 1. The lowest BCUT2D eigenvalue weighted by Gasteiger charge is -1.99. The molecule has 14 heavy (non-hydrogen) atoms. The van der Waals surface area contributed by atoms with Crippen molar-refractivity contribution in [2.45, 2.75) is 6.42 Å². The summed E-state index contributed by atoms with van der Waals surface area (Å²) in [6.07, 6.45) is 0.713. The molecule has 74 valence electrons. The van der Waals surface area contributed by atoms with Crippen molar-refractivity contribution in [3.63, 3.8) is 0 Å². The topological polar surface area (TPSA) is 72.0 Å². The Bertz CT molecular complexity index is 515. The summed E-state index contributed by atoms with van der Waals surface area (Å²) in [4.78, 5) is 13.4. The predicted octanol–water partition coefficient (Wildman–Crippen LogP) is 1.28. The monoisotopic (exact) mass is 212 g/mol. The number of halogens is 1. The molecule has 0 saturated heterocycles. The zero-order valence-corrected chi connectivity index (χ0v) is 8.10. The Balaban J connectivity index is 2.65. The number of fused-ring (bicyclic) bond motifs is 1. The number of nitrogens with one attached hydrogen (secondary N) is 1. The second kappa shape index (κ2) is 3.48. The number of benzene rings is 1. The summed E-state index contributed by atoms with van der Waals surface area (Å²) < 4.78 is 4.90. The largest absolute Gasteiger partial charge is 0.417 e. The van der Waals surface area contributed by atoms with Gasteiger partial charge in [-0.1, -0.05) is 11.6 Å². The van der Waals surface area contributed by atoms with Crippen molar-refractivity contribution in [2.75, 3.05) is 6.54 Å². The Labute approximate surface area is 84.7 Å². The van der Waals surface area contributed by atoms with Gasteiger partial charge in [-0.3, -0.25) is 4.98 Å². The molecule has 0 radical (unpaired) electrons. The molecule has 2 rings (SSSR count). The summed E-state index contributed by atoms with van der Waals surface area (Å²) in [6.45, 7) is 0.538. The maximum atomic E-state index is 10.9. The highest BCUT2D eigenvalue weighted by molar-refractivity contribution is 6.34. The lowest BCUT2D eigenvalue weighted by Crippen LogP contribution is -2.02. The zero-order valence-electron chi connectivity index (χ0n) is 7.34. The molecule has 4 nitrogen and oxygen atoms in total. The second-order valence-corrected chi connectivity index (χ2v) is 3.41. The van der Waals surface area contributed by atoms with E-state index in [1.54, 1.807) is 12.1 Å². The molecule has 1 heterocycles. The van der Waals surface area contributed by atoms with Crippen LogP contribution in [0.5, 0.6) is 0 Å². The van der Waals surface area contributed by atoms with Gasteiger partial charge in [0.05, 0.1) is 5.02 Å². The number of H-pyrrole nitrogens is 1. The van der Waals surface area contributed by atoms with Crippen molar-refractivity contribution in [1.82, 2.24) is 4.98 Å². The average molecular weight is 213 g/mol. The van der Waals surface area contributed by atoms with Crippen molar-refractivity contribution in [3.05, 3.63) is 33.3 Å². The quantitative estimate of drug-likeness (QED) is 0.788. The molecule has 3 N–H and O–H groups in total. The standard InChI is InChI=1S/C9H9ClN2O2/c10-6-3-5(1-2-11)4-7-8(6)12-9(13)14-7/h3-4H,1-2,11H2,(H,12,13). The Morgan fingerprint density at radius 2 is 2.29 bits per heavy atom. The molecule has 0 aliphatic heterocycles. The Hall–Kier alpha value is -1.26. The molecule has 0 unspecified atom stereocenters. The molecular weight excluding hydrogens is 204 g/mol. The van der Waals surface area contributed by atoms with E-state index in [1.807, 2.05) is 0 Å². The van der Waals surface area contributed by atoms with Crippen molar-refractivity contribution < 1.29 is 4.42 Å². The first-order chi connectivity index (χ1) is 6.70. The van der Waals surface area contributed by atoms with E-state index in [-0.39, 0.29) is 0 Å². The van der Waals surface area contributed by atoms with Crippen molar-refractivity contribution >= 4 is 22.7 Å². The van der Waals surface area contributed by atoms with Crippen molar-refractivity contribution in [3.8, 4) is 0 Å². The Morgan fingerprint density at radius 3 is 3.00 bits per heavy atom. The van der Waals surface area contributed by atoms with Gasteiger partial charge in [0.25, 0.3) is 0 Å². The van der Waals surface area contributed by atoms with E-state index in [0.717, 1.165) is 5.56 Å². The normalized spacial score (nSPS) is 11.0. The number of hydrogen-bond donors (Lipinski definition) is 2. The second-order valence-electron chi connectivity index (χ2n) is 3.00. The Kier molecular flexibility index (Phi) is 2.31. The predicted molar refractivity (Wildman–Crippen MR) is 54.6 cm³/mol. The van der Waals surface area contributed by atoms with E-state index in [4.69, 9.17) is 21.8 Å². The van der Waals surface area contributed by atoms with Crippen LogP contribution in [-0.2, 0) is 6.42 Å². The average Bonchev–Trinajstić information content (AvgIpc) is 2.47. The van der Waals surface area contributed by atoms with E-state index in [1.165, 1.54) is 0 Å². The highest BCUT2D eigenvalue weighted by Gasteiger charge is 2.06. The molecule has 0 aliphatic rings. The highest BCUT2D eigenvalue weighted by atomic mass is 35.5. The molecule has 0 amide bonds. The minimum Gasteiger partial charge on any atom is -0.408 e. The van der Waals surface area contributed by atoms with E-state index in [9.17, 15) is 4.79 Å². The Morgan fingerprint density at radius 1 is 1.50 bits per heavy atom. The molecular formula is C9H9ClN2O2. The first-order valence-electron chi connectivity index (χ1n) is 4.22. The molecule has 0 spiro atoms. The molecule has 0 atom stereocenters. The maximum Gasteiger partial charge on any atom is 0.417 e. The minimum absolute atomic E-state index is 0.478. The summed E-state index contributed by atoms with van der Waals surface area (Å²) >= 11 is 5.94. The molecule has 0 fully saturated rings. The fraction of sp³-hybridized carbons (Fsp3) is 0.222. The van der Waals surface area contributed by atoms with Crippen LogP contribution in [-0.4, -0.2) is 11.5 Å². The van der Waals surface area contributed by atoms with Crippen LogP contribution in [0.25, 0.3) is 11.1 Å². The van der Waals surface area contributed by atoms with E-state index in [2.05, 4.69) is 4.98 Å². The van der Waals surface area contributed by atoms with Crippen LogP contribution in [0.15, 0.2) is 21.3 Å². The number of aromatic amines is 1. The fourth-order valence-electron chi connectivity index (χ4n) is 1.38. The van der Waals surface area contributed by atoms with Gasteiger partial charge in [0, 0.05) is 0 Å². The van der Waals surface area contributed by atoms with Gasteiger partial charge >= 0.3 is 5.76 Å². The molecule has 0 aliphatic carbocycles. The number of hydrogen-bond acceptors (Lipinski definition) is 3. The first-order valence-corrected chi connectivity index (χ1v) is 4.60. The lowest BCUT2D eigenvalue weighted by molar-refractivity contribution is 0.555. The van der Waals surface area contributed by atoms with Gasteiger partial charge in [0.2, 0.25) is 0 Å². The van der Waals surface area contributed by atoms with Crippen LogP contribution in [0.1, 0.15) is 5.56 Å². The summed E-state index contributed by atoms with van der Waals surface area (Å²) in [6, 6.07) is 3.55. The van der Waals surface area contributed by atoms with Gasteiger partial charge < -0.3 is 10.2 Å². The smallest absolute Gasteiger partial charge is 0.408 e. The third-order valence-corrected chi connectivity index (χ3v) is 2.27. The summed E-state index contributed by atoms with van der Waals surface area (Å²) in [5, 5.41) is 0.483. The zero-order chi connectivity index (χ0) is 10.1. The molecule has 5 heteroatoms. The number of oxazole rings is 1. The number of nitrogens with two attached hydrogens (primary N) is 1. The van der Waals surface area contributed by atoms with Crippen LogP contribution in [0.2, 0.25) is 5.02 Å². The van der Waals surface area contributed by atoms with Gasteiger partial charge in [-0.05, 0) is 30.7 Å². The van der Waals surface area contributed by atoms with E-state index >= 15 is 0 Å². The summed E-state index contributed by atoms with van der Waals surface area (Å²) in [5.74, 6) is -0.494. The molecule has 2 aromatic rings. The van der Waals surface area contributed by atoms with Crippen LogP contribution in [0, 0.1) is 0 Å². The van der Waals surface area contributed by atoms with Gasteiger partial charge in [0.15, 0.2) is 5.58 Å².